The lowest BCUT2D eigenvalue weighted by atomic mass is 9.88. The highest BCUT2D eigenvalue weighted by atomic mass is 79.9. The van der Waals surface area contributed by atoms with Crippen molar-refractivity contribution in [3.05, 3.63) is 77.2 Å². The quantitative estimate of drug-likeness (QED) is 0.352. The Kier molecular flexibility index (Phi) is 7.17. The average Bonchev–Trinajstić information content (AvgIpc) is 2.86. The first-order valence-corrected chi connectivity index (χ1v) is 11.2. The number of rotatable bonds is 6. The number of hydrogen-bond acceptors (Lipinski definition) is 4. The maximum Gasteiger partial charge on any atom is 0.217 e. The molecular formula is C28H27BrFNO4. The Balaban J connectivity index is 0.00000289. The maximum absolute atomic E-state index is 14.1. The Morgan fingerprint density at radius 1 is 0.829 bits per heavy atom. The number of benzene rings is 3. The fraction of sp³-hybridized carbons (Fsp3) is 0.250. The van der Waals surface area contributed by atoms with Crippen LogP contribution in [0.3, 0.4) is 0 Å². The summed E-state index contributed by atoms with van der Waals surface area (Å²) in [5.74, 6) is 2.52. The van der Waals surface area contributed by atoms with E-state index in [0.717, 1.165) is 46.1 Å². The molecule has 5 nitrogen and oxygen atoms in total. The summed E-state index contributed by atoms with van der Waals surface area (Å²) in [7, 11) is 6.59. The Labute approximate surface area is 214 Å². The topological polar surface area (TPSA) is 40.8 Å². The van der Waals surface area contributed by atoms with Gasteiger partial charge in [0.15, 0.2) is 35.7 Å². The van der Waals surface area contributed by atoms with Crippen LogP contribution in [0.15, 0.2) is 54.7 Å². The van der Waals surface area contributed by atoms with Crippen LogP contribution in [0.25, 0.3) is 22.0 Å². The molecular weight excluding hydrogens is 513 g/mol. The van der Waals surface area contributed by atoms with Crippen molar-refractivity contribution >= 4 is 10.8 Å². The third-order valence-corrected chi connectivity index (χ3v) is 6.52. The van der Waals surface area contributed by atoms with Crippen molar-refractivity contribution in [1.29, 1.82) is 0 Å². The zero-order valence-electron chi connectivity index (χ0n) is 20.2. The van der Waals surface area contributed by atoms with Gasteiger partial charge in [-0.15, -0.1) is 0 Å². The van der Waals surface area contributed by atoms with Crippen molar-refractivity contribution in [2.45, 2.75) is 19.4 Å². The van der Waals surface area contributed by atoms with Gasteiger partial charge in [0.05, 0.1) is 39.4 Å². The van der Waals surface area contributed by atoms with Gasteiger partial charge in [0, 0.05) is 23.8 Å². The van der Waals surface area contributed by atoms with E-state index >= 15 is 0 Å². The summed E-state index contributed by atoms with van der Waals surface area (Å²) >= 11 is 0. The van der Waals surface area contributed by atoms with Gasteiger partial charge in [-0.2, -0.15) is 4.57 Å². The maximum atomic E-state index is 14.1. The number of halogens is 2. The summed E-state index contributed by atoms with van der Waals surface area (Å²) < 4.78 is 38.8. The smallest absolute Gasteiger partial charge is 0.217 e. The zero-order valence-corrected chi connectivity index (χ0v) is 21.7. The molecule has 35 heavy (non-hydrogen) atoms. The highest BCUT2D eigenvalue weighted by molar-refractivity contribution is 5.95. The largest absolute Gasteiger partial charge is 1.00 e. The van der Waals surface area contributed by atoms with Gasteiger partial charge in [0.2, 0.25) is 5.69 Å². The third-order valence-electron chi connectivity index (χ3n) is 6.52. The molecule has 0 saturated carbocycles. The van der Waals surface area contributed by atoms with Crippen LogP contribution in [-0.4, -0.2) is 28.4 Å². The molecule has 0 unspecified atom stereocenters. The molecule has 0 saturated heterocycles. The predicted octanol–water partition coefficient (Wildman–Crippen LogP) is 2.12. The second-order valence-electron chi connectivity index (χ2n) is 8.33. The van der Waals surface area contributed by atoms with E-state index in [9.17, 15) is 4.39 Å². The van der Waals surface area contributed by atoms with Gasteiger partial charge in [-0.25, -0.2) is 4.39 Å². The van der Waals surface area contributed by atoms with Crippen molar-refractivity contribution < 1.29 is 44.9 Å². The molecule has 2 heterocycles. The number of nitrogens with zero attached hydrogens (tertiary/aromatic N) is 1. The molecule has 182 valence electrons. The molecule has 1 aliphatic rings. The number of ether oxygens (including phenoxy) is 4. The number of pyridine rings is 1. The standard InChI is InChI=1S/C28H27FNO4.BrH/c1-31-24-9-8-20-22(13-17-6-5-7-19(29)12-17)27-21-15-26(33-3)25(32-2)14-18(21)10-11-30(27)16-23(20)28(24)34-4;/h5-9,12,14-16H,10-11,13H2,1-4H3;1H/q+1;/p-1. The molecule has 1 aliphatic heterocycles. The minimum atomic E-state index is -0.245. The van der Waals surface area contributed by atoms with E-state index < -0.39 is 0 Å². The Bertz CT molecular complexity index is 1410. The second-order valence-corrected chi connectivity index (χ2v) is 8.33. The fourth-order valence-corrected chi connectivity index (χ4v) is 4.98. The molecule has 0 aliphatic carbocycles. The van der Waals surface area contributed by atoms with Crippen LogP contribution in [0.5, 0.6) is 23.0 Å². The van der Waals surface area contributed by atoms with Gasteiger partial charge in [-0.05, 0) is 47.5 Å². The fourth-order valence-electron chi connectivity index (χ4n) is 4.98. The molecule has 0 atom stereocenters. The lowest BCUT2D eigenvalue weighted by Gasteiger charge is -2.22. The highest BCUT2D eigenvalue weighted by Gasteiger charge is 2.31. The predicted molar refractivity (Wildman–Crippen MR) is 129 cm³/mol. The van der Waals surface area contributed by atoms with Gasteiger partial charge >= 0.3 is 0 Å². The minimum absolute atomic E-state index is 0. The molecule has 4 aromatic rings. The molecule has 0 spiro atoms. The van der Waals surface area contributed by atoms with Crippen molar-refractivity contribution in [2.75, 3.05) is 28.4 Å². The van der Waals surface area contributed by atoms with E-state index in [1.807, 2.05) is 18.2 Å². The number of fused-ring (bicyclic) bond motifs is 4. The van der Waals surface area contributed by atoms with Gasteiger partial charge in [0.1, 0.15) is 5.82 Å². The van der Waals surface area contributed by atoms with Gasteiger partial charge in [-0.1, -0.05) is 12.1 Å². The second kappa shape index (κ2) is 10.1. The SMILES string of the molecule is COc1cc2c(cc1OC)-c1c(Cc3cccc(F)c3)c3ccc(OC)c(OC)c3c[n+]1CC2.[Br-]. The first kappa shape index (κ1) is 24.8. The van der Waals surface area contributed by atoms with Crippen LogP contribution in [0.1, 0.15) is 16.7 Å². The Morgan fingerprint density at radius 3 is 2.26 bits per heavy atom. The van der Waals surface area contributed by atoms with Crippen molar-refractivity contribution in [2.24, 2.45) is 0 Å². The van der Waals surface area contributed by atoms with E-state index in [-0.39, 0.29) is 22.8 Å². The van der Waals surface area contributed by atoms with E-state index in [2.05, 4.69) is 22.9 Å². The zero-order chi connectivity index (χ0) is 23.8. The summed E-state index contributed by atoms with van der Waals surface area (Å²) in [6.07, 6.45) is 3.54. The van der Waals surface area contributed by atoms with Crippen LogP contribution < -0.4 is 40.5 Å². The van der Waals surface area contributed by atoms with E-state index in [0.29, 0.717) is 29.4 Å². The molecule has 0 radical (unpaired) electrons. The molecule has 0 amide bonds. The van der Waals surface area contributed by atoms with Crippen molar-refractivity contribution in [3.63, 3.8) is 0 Å². The van der Waals surface area contributed by atoms with Crippen LogP contribution in [0, 0.1) is 5.82 Å². The monoisotopic (exact) mass is 539 g/mol. The molecule has 0 N–H and O–H groups in total. The first-order valence-electron chi connectivity index (χ1n) is 11.2. The molecule has 5 rings (SSSR count). The van der Waals surface area contributed by atoms with Gasteiger partial charge < -0.3 is 35.9 Å². The van der Waals surface area contributed by atoms with Crippen molar-refractivity contribution in [3.8, 4) is 34.3 Å². The number of hydrogen-bond donors (Lipinski definition) is 0. The summed E-state index contributed by atoms with van der Waals surface area (Å²) in [6.45, 7) is 0.796. The first-order chi connectivity index (χ1) is 16.6. The molecule has 3 aromatic carbocycles. The Morgan fingerprint density at radius 2 is 1.57 bits per heavy atom. The summed E-state index contributed by atoms with van der Waals surface area (Å²) in [4.78, 5) is 0. The molecule has 0 bridgehead atoms. The van der Waals surface area contributed by atoms with Crippen LogP contribution in [0.4, 0.5) is 4.39 Å². The minimum Gasteiger partial charge on any atom is -1.00 e. The van der Waals surface area contributed by atoms with E-state index in [4.69, 9.17) is 18.9 Å². The highest BCUT2D eigenvalue weighted by Crippen LogP contribution is 2.43. The molecule has 0 fully saturated rings. The van der Waals surface area contributed by atoms with Crippen LogP contribution in [-0.2, 0) is 19.4 Å². The van der Waals surface area contributed by atoms with E-state index in [1.54, 1.807) is 40.6 Å². The van der Waals surface area contributed by atoms with Crippen LogP contribution in [0.2, 0.25) is 0 Å². The number of aryl methyl sites for hydroxylation is 2. The van der Waals surface area contributed by atoms with Crippen LogP contribution >= 0.6 is 0 Å². The van der Waals surface area contributed by atoms with Gasteiger partial charge in [0.25, 0.3) is 0 Å². The average molecular weight is 540 g/mol. The number of methoxy groups -OCH3 is 4. The molecule has 7 heteroatoms. The third kappa shape index (κ3) is 4.29. The summed E-state index contributed by atoms with van der Waals surface area (Å²) in [5, 5.41) is 2.00. The van der Waals surface area contributed by atoms with Gasteiger partial charge in [-0.3, -0.25) is 0 Å². The summed E-state index contributed by atoms with van der Waals surface area (Å²) in [5.41, 5.74) is 5.37. The normalized spacial score (nSPS) is 11.8. The lowest BCUT2D eigenvalue weighted by Crippen LogP contribution is -3.00. The Hall–Kier alpha value is -3.32. The van der Waals surface area contributed by atoms with Crippen molar-refractivity contribution in [1.82, 2.24) is 0 Å². The summed E-state index contributed by atoms with van der Waals surface area (Å²) in [6, 6.07) is 14.8. The number of aromatic nitrogens is 1. The lowest BCUT2D eigenvalue weighted by molar-refractivity contribution is -0.686. The molecule has 1 aromatic heterocycles. The van der Waals surface area contributed by atoms with E-state index in [1.165, 1.54) is 11.6 Å².